The molecule has 1 nitrogen and oxygen atoms in total. The van der Waals surface area contributed by atoms with Gasteiger partial charge >= 0.3 is 0 Å². The first-order valence-corrected chi connectivity index (χ1v) is 3.25. The van der Waals surface area contributed by atoms with E-state index < -0.39 is 0 Å². The zero-order chi connectivity index (χ0) is 5.98. The van der Waals surface area contributed by atoms with E-state index in [1.807, 2.05) is 0 Å². The monoisotopic (exact) mass is 111 g/mol. The Morgan fingerprint density at radius 1 is 1.75 bits per heavy atom. The minimum Gasteiger partial charge on any atom is -0.402 e. The van der Waals surface area contributed by atoms with Gasteiger partial charge in [0.25, 0.3) is 0 Å². The van der Waals surface area contributed by atoms with Crippen LogP contribution < -0.4 is 5.73 Å². The van der Waals surface area contributed by atoms with Crippen molar-refractivity contribution in [1.82, 2.24) is 0 Å². The molecule has 0 fully saturated rings. The maximum absolute atomic E-state index is 5.59. The van der Waals surface area contributed by atoms with Crippen molar-refractivity contribution in [2.75, 3.05) is 0 Å². The fourth-order valence-corrected chi connectivity index (χ4v) is 1.16. The van der Waals surface area contributed by atoms with Crippen LogP contribution in [0.15, 0.2) is 11.8 Å². The molecular weight excluding hydrogens is 98.1 g/mol. The molecule has 1 rings (SSSR count). The summed E-state index contributed by atoms with van der Waals surface area (Å²) in [6.45, 7) is 2.21. The first kappa shape index (κ1) is 5.67. The van der Waals surface area contributed by atoms with Gasteiger partial charge in [-0.05, 0) is 25.2 Å². The maximum atomic E-state index is 5.59. The number of nitrogens with two attached hydrogens (primary N) is 1. The van der Waals surface area contributed by atoms with Crippen molar-refractivity contribution in [2.45, 2.75) is 26.2 Å². The Labute approximate surface area is 50.6 Å². The Hall–Kier alpha value is -0.460. The number of hydrogen-bond donors (Lipinski definition) is 1. The van der Waals surface area contributed by atoms with Crippen molar-refractivity contribution < 1.29 is 0 Å². The van der Waals surface area contributed by atoms with Crippen molar-refractivity contribution in [2.24, 2.45) is 11.7 Å². The van der Waals surface area contributed by atoms with Gasteiger partial charge in [0.15, 0.2) is 0 Å². The lowest BCUT2D eigenvalue weighted by Crippen LogP contribution is -2.06. The van der Waals surface area contributed by atoms with E-state index in [1.54, 1.807) is 0 Å². The van der Waals surface area contributed by atoms with Gasteiger partial charge in [-0.15, -0.1) is 0 Å². The highest BCUT2D eigenvalue weighted by Gasteiger charge is 2.04. The average molecular weight is 111 g/mol. The zero-order valence-electron chi connectivity index (χ0n) is 5.35. The summed E-state index contributed by atoms with van der Waals surface area (Å²) in [5.41, 5.74) is 6.67. The van der Waals surface area contributed by atoms with E-state index in [0.29, 0.717) is 0 Å². The predicted octanol–water partition coefficient (Wildman–Crippen LogP) is 1.65. The third-order valence-corrected chi connectivity index (χ3v) is 1.62. The first-order chi connectivity index (χ1) is 3.79. The molecule has 0 aliphatic heterocycles. The van der Waals surface area contributed by atoms with E-state index in [9.17, 15) is 0 Å². The van der Waals surface area contributed by atoms with Gasteiger partial charge in [0.05, 0.1) is 0 Å². The molecule has 0 aromatic rings. The van der Waals surface area contributed by atoms with Crippen molar-refractivity contribution in [3.63, 3.8) is 0 Å². The quantitative estimate of drug-likeness (QED) is 0.505. The Balaban J connectivity index is 2.50. The van der Waals surface area contributed by atoms with E-state index in [2.05, 4.69) is 13.0 Å². The summed E-state index contributed by atoms with van der Waals surface area (Å²) in [7, 11) is 0. The van der Waals surface area contributed by atoms with Crippen LogP contribution in [-0.2, 0) is 0 Å². The molecule has 1 aliphatic carbocycles. The standard InChI is InChI=1S/C7H13N/c1-6-3-2-4-7(8)5-6/h5-6H,2-4,8H2,1H3. The molecule has 0 heterocycles. The third-order valence-electron chi connectivity index (χ3n) is 1.62. The minimum absolute atomic E-state index is 0.726. The summed E-state index contributed by atoms with van der Waals surface area (Å²) in [4.78, 5) is 0. The molecule has 2 N–H and O–H groups in total. The van der Waals surface area contributed by atoms with Crippen molar-refractivity contribution in [1.29, 1.82) is 0 Å². The SMILES string of the molecule is CC1C=C(N)CCC1. The van der Waals surface area contributed by atoms with Gasteiger partial charge in [-0.3, -0.25) is 0 Å². The summed E-state index contributed by atoms with van der Waals surface area (Å²) in [5, 5.41) is 0. The van der Waals surface area contributed by atoms with Crippen LogP contribution >= 0.6 is 0 Å². The van der Waals surface area contributed by atoms with E-state index in [0.717, 1.165) is 18.0 Å². The number of hydrogen-bond acceptors (Lipinski definition) is 1. The van der Waals surface area contributed by atoms with E-state index in [-0.39, 0.29) is 0 Å². The van der Waals surface area contributed by atoms with E-state index >= 15 is 0 Å². The van der Waals surface area contributed by atoms with Gasteiger partial charge < -0.3 is 5.73 Å². The van der Waals surface area contributed by atoms with Gasteiger partial charge in [0.1, 0.15) is 0 Å². The second-order valence-corrected chi connectivity index (χ2v) is 2.61. The van der Waals surface area contributed by atoms with Gasteiger partial charge in [-0.25, -0.2) is 0 Å². The zero-order valence-corrected chi connectivity index (χ0v) is 5.35. The molecular formula is C7H13N. The summed E-state index contributed by atoms with van der Waals surface area (Å²) in [5.74, 6) is 0.726. The molecule has 0 amide bonds. The van der Waals surface area contributed by atoms with Crippen LogP contribution in [0.3, 0.4) is 0 Å². The molecule has 1 aliphatic rings. The van der Waals surface area contributed by atoms with Gasteiger partial charge in [0.2, 0.25) is 0 Å². The topological polar surface area (TPSA) is 26.0 Å². The van der Waals surface area contributed by atoms with Crippen LogP contribution in [0.1, 0.15) is 26.2 Å². The molecule has 1 heteroatoms. The molecule has 0 saturated carbocycles. The first-order valence-electron chi connectivity index (χ1n) is 3.25. The summed E-state index contributed by atoms with van der Waals surface area (Å²) in [6.07, 6.45) is 5.89. The molecule has 46 valence electrons. The van der Waals surface area contributed by atoms with Gasteiger partial charge in [0, 0.05) is 5.70 Å². The Bertz CT molecular complexity index is 105. The van der Waals surface area contributed by atoms with Crippen LogP contribution in [0.5, 0.6) is 0 Å². The second kappa shape index (κ2) is 2.21. The molecule has 0 aromatic heterocycles. The Morgan fingerprint density at radius 2 is 2.50 bits per heavy atom. The second-order valence-electron chi connectivity index (χ2n) is 2.61. The summed E-state index contributed by atoms with van der Waals surface area (Å²) < 4.78 is 0. The highest BCUT2D eigenvalue weighted by molar-refractivity contribution is 5.02. The molecule has 0 spiro atoms. The molecule has 1 atom stereocenters. The predicted molar refractivity (Wildman–Crippen MR) is 35.3 cm³/mol. The molecule has 8 heavy (non-hydrogen) atoms. The number of rotatable bonds is 0. The van der Waals surface area contributed by atoms with E-state index in [1.165, 1.54) is 12.8 Å². The molecule has 0 aromatic carbocycles. The highest BCUT2D eigenvalue weighted by atomic mass is 14.6. The van der Waals surface area contributed by atoms with Gasteiger partial charge in [-0.1, -0.05) is 13.0 Å². The lowest BCUT2D eigenvalue weighted by molar-refractivity contribution is 0.565. The van der Waals surface area contributed by atoms with Crippen molar-refractivity contribution >= 4 is 0 Å². The summed E-state index contributed by atoms with van der Waals surface area (Å²) >= 11 is 0. The van der Waals surface area contributed by atoms with Crippen LogP contribution in [0.4, 0.5) is 0 Å². The lowest BCUT2D eigenvalue weighted by atomic mass is 9.96. The smallest absolute Gasteiger partial charge is 0.00426 e. The lowest BCUT2D eigenvalue weighted by Gasteiger charge is -2.13. The van der Waals surface area contributed by atoms with Crippen LogP contribution in [0, 0.1) is 5.92 Å². The fraction of sp³-hybridized carbons (Fsp3) is 0.714. The largest absolute Gasteiger partial charge is 0.402 e. The molecule has 0 saturated heterocycles. The van der Waals surface area contributed by atoms with Gasteiger partial charge in [-0.2, -0.15) is 0 Å². The highest BCUT2D eigenvalue weighted by Crippen LogP contribution is 2.18. The van der Waals surface area contributed by atoms with Crippen LogP contribution in [0.2, 0.25) is 0 Å². The number of allylic oxidation sites excluding steroid dienone is 2. The fourth-order valence-electron chi connectivity index (χ4n) is 1.16. The Kier molecular flexibility index (Phi) is 1.56. The third kappa shape index (κ3) is 1.25. The normalized spacial score (nSPS) is 29.6. The summed E-state index contributed by atoms with van der Waals surface area (Å²) in [6, 6.07) is 0. The van der Waals surface area contributed by atoms with Crippen molar-refractivity contribution in [3.8, 4) is 0 Å². The van der Waals surface area contributed by atoms with Crippen LogP contribution in [0.25, 0.3) is 0 Å². The van der Waals surface area contributed by atoms with Crippen molar-refractivity contribution in [3.05, 3.63) is 11.8 Å². The van der Waals surface area contributed by atoms with Crippen LogP contribution in [-0.4, -0.2) is 0 Å². The molecule has 0 bridgehead atoms. The average Bonchev–Trinajstić information content (AvgIpc) is 1.64. The maximum Gasteiger partial charge on any atom is 0.00426 e. The van der Waals surface area contributed by atoms with E-state index in [4.69, 9.17) is 5.73 Å². The molecule has 0 radical (unpaired) electrons. The Morgan fingerprint density at radius 3 is 2.88 bits per heavy atom. The molecule has 1 unspecified atom stereocenters. The minimum atomic E-state index is 0.726.